The molecule has 0 unspecified atom stereocenters. The summed E-state index contributed by atoms with van der Waals surface area (Å²) in [5, 5.41) is 4.13. The quantitative estimate of drug-likeness (QED) is 0.632. The van der Waals surface area contributed by atoms with Gasteiger partial charge in [0.25, 0.3) is 0 Å². The summed E-state index contributed by atoms with van der Waals surface area (Å²) in [7, 11) is 3.47. The largest absolute Gasteiger partial charge is 0.371 e. The molecule has 0 aliphatic rings. The monoisotopic (exact) mass is 262 g/mol. The van der Waals surface area contributed by atoms with Crippen LogP contribution in [0.3, 0.4) is 0 Å². The Morgan fingerprint density at radius 2 is 2.11 bits per heavy atom. The molecule has 3 N–H and O–H groups in total. The zero-order chi connectivity index (χ0) is 14.0. The maximum atomic E-state index is 5.45. The fourth-order valence-electron chi connectivity index (χ4n) is 1.58. The van der Waals surface area contributed by atoms with Crippen molar-refractivity contribution in [1.29, 1.82) is 0 Å². The van der Waals surface area contributed by atoms with Gasteiger partial charge in [0, 0.05) is 32.0 Å². The Morgan fingerprint density at radius 1 is 1.37 bits per heavy atom. The maximum absolute atomic E-state index is 5.45. The number of aromatic nitrogens is 4. The first-order chi connectivity index (χ1) is 8.96. The molecular formula is C12H18N6O. The van der Waals surface area contributed by atoms with Gasteiger partial charge in [-0.15, -0.1) is 0 Å². The van der Waals surface area contributed by atoms with E-state index in [4.69, 9.17) is 10.6 Å². The Kier molecular flexibility index (Phi) is 3.50. The van der Waals surface area contributed by atoms with Gasteiger partial charge in [-0.3, -0.25) is 4.68 Å². The van der Waals surface area contributed by atoms with Gasteiger partial charge in [0.2, 0.25) is 0 Å². The lowest BCUT2D eigenvalue weighted by Crippen LogP contribution is -2.24. The van der Waals surface area contributed by atoms with Gasteiger partial charge in [-0.05, 0) is 13.8 Å². The molecule has 0 amide bonds. The zero-order valence-electron chi connectivity index (χ0n) is 11.5. The van der Waals surface area contributed by atoms with E-state index in [2.05, 4.69) is 20.5 Å². The highest BCUT2D eigenvalue weighted by Crippen LogP contribution is 2.25. The first kappa shape index (κ1) is 13.4. The molecule has 0 spiro atoms. The normalized spacial score (nSPS) is 11.6. The summed E-state index contributed by atoms with van der Waals surface area (Å²) in [5.41, 5.74) is 3.60. The molecule has 2 rings (SSSR count). The fourth-order valence-corrected chi connectivity index (χ4v) is 1.58. The molecule has 0 saturated heterocycles. The van der Waals surface area contributed by atoms with Crippen molar-refractivity contribution in [3.63, 3.8) is 0 Å². The highest BCUT2D eigenvalue weighted by molar-refractivity contribution is 5.60. The highest BCUT2D eigenvalue weighted by atomic mass is 16.5. The zero-order valence-corrected chi connectivity index (χ0v) is 11.5. The lowest BCUT2D eigenvalue weighted by atomic mass is 10.1. The highest BCUT2D eigenvalue weighted by Gasteiger charge is 2.24. The third-order valence-corrected chi connectivity index (χ3v) is 2.92. The van der Waals surface area contributed by atoms with E-state index in [-0.39, 0.29) is 0 Å². The minimum Gasteiger partial charge on any atom is -0.371 e. The number of hydrogen-bond acceptors (Lipinski definition) is 6. The summed E-state index contributed by atoms with van der Waals surface area (Å²) in [5.74, 6) is 6.55. The lowest BCUT2D eigenvalue weighted by Gasteiger charge is -2.22. The van der Waals surface area contributed by atoms with Crippen LogP contribution in [0.15, 0.2) is 18.5 Å². The van der Waals surface area contributed by atoms with Crippen LogP contribution in [0.1, 0.15) is 19.7 Å². The van der Waals surface area contributed by atoms with Crippen molar-refractivity contribution in [2.75, 3.05) is 12.5 Å². The summed E-state index contributed by atoms with van der Waals surface area (Å²) in [6.07, 6.45) is 3.62. The van der Waals surface area contributed by atoms with E-state index in [1.165, 1.54) is 0 Å². The van der Waals surface area contributed by atoms with Crippen LogP contribution in [-0.2, 0) is 17.4 Å². The number of ether oxygens (including phenoxy) is 1. The van der Waals surface area contributed by atoms with Gasteiger partial charge in [-0.1, -0.05) is 0 Å². The van der Waals surface area contributed by atoms with E-state index < -0.39 is 5.60 Å². The van der Waals surface area contributed by atoms with Crippen LogP contribution in [0.2, 0.25) is 0 Å². The Bertz CT molecular complexity index is 577. The van der Waals surface area contributed by atoms with Gasteiger partial charge in [0.15, 0.2) is 5.82 Å². The molecule has 2 aromatic rings. The van der Waals surface area contributed by atoms with Crippen LogP contribution in [0.4, 0.5) is 5.82 Å². The second-order valence-electron chi connectivity index (χ2n) is 4.72. The van der Waals surface area contributed by atoms with Crippen molar-refractivity contribution in [2.24, 2.45) is 12.9 Å². The number of nitrogen functional groups attached to an aromatic ring is 1. The third-order valence-electron chi connectivity index (χ3n) is 2.92. The molecule has 7 heteroatoms. The van der Waals surface area contributed by atoms with Crippen LogP contribution < -0.4 is 11.3 Å². The van der Waals surface area contributed by atoms with Crippen LogP contribution in [0.5, 0.6) is 0 Å². The minimum atomic E-state index is -0.593. The Morgan fingerprint density at radius 3 is 2.63 bits per heavy atom. The summed E-state index contributed by atoms with van der Waals surface area (Å²) in [4.78, 5) is 8.85. The number of nitrogens with one attached hydrogen (secondary N) is 1. The number of hydrazine groups is 1. The predicted molar refractivity (Wildman–Crippen MR) is 72.1 cm³/mol. The maximum Gasteiger partial charge on any atom is 0.162 e. The molecule has 0 aliphatic carbocycles. The van der Waals surface area contributed by atoms with Crippen LogP contribution in [-0.4, -0.2) is 26.9 Å². The number of rotatable bonds is 4. The lowest BCUT2D eigenvalue weighted by molar-refractivity contribution is 0.0117. The summed E-state index contributed by atoms with van der Waals surface area (Å²) < 4.78 is 7.12. The van der Waals surface area contributed by atoms with Gasteiger partial charge in [-0.25, -0.2) is 15.8 Å². The van der Waals surface area contributed by atoms with Crippen molar-refractivity contribution in [3.8, 4) is 11.3 Å². The third kappa shape index (κ3) is 2.72. The first-order valence-corrected chi connectivity index (χ1v) is 5.86. The second-order valence-corrected chi connectivity index (χ2v) is 4.72. The van der Waals surface area contributed by atoms with E-state index in [9.17, 15) is 0 Å². The second kappa shape index (κ2) is 4.94. The summed E-state index contributed by atoms with van der Waals surface area (Å²) >= 11 is 0. The van der Waals surface area contributed by atoms with Crippen LogP contribution >= 0.6 is 0 Å². The van der Waals surface area contributed by atoms with E-state index >= 15 is 0 Å². The minimum absolute atomic E-state index is 0.536. The molecule has 2 aromatic heterocycles. The van der Waals surface area contributed by atoms with Crippen molar-refractivity contribution in [1.82, 2.24) is 19.7 Å². The fraction of sp³-hybridized carbons (Fsp3) is 0.417. The molecule has 0 aromatic carbocycles. The number of nitrogens with zero attached hydrogens (tertiary/aromatic N) is 4. The molecule has 19 heavy (non-hydrogen) atoms. The standard InChI is InChI=1S/C12H18N6O/c1-12(2,19-4)11-15-9(5-10(16-11)17-13)8-6-14-18(3)7-8/h5-7H,13H2,1-4H3,(H,15,16,17). The number of nitrogens with two attached hydrogens (primary N) is 1. The summed E-state index contributed by atoms with van der Waals surface area (Å²) in [6.45, 7) is 3.80. The Hall–Kier alpha value is -1.99. The van der Waals surface area contributed by atoms with Crippen LogP contribution in [0.25, 0.3) is 11.3 Å². The Labute approximate surface area is 111 Å². The molecule has 0 aliphatic heterocycles. The smallest absolute Gasteiger partial charge is 0.162 e. The number of hydrogen-bond donors (Lipinski definition) is 2. The number of aryl methyl sites for hydroxylation is 1. The van der Waals surface area contributed by atoms with Crippen molar-refractivity contribution < 1.29 is 4.74 Å². The Balaban J connectivity index is 2.53. The average Bonchev–Trinajstić information content (AvgIpc) is 2.85. The molecule has 0 atom stereocenters. The van der Waals surface area contributed by atoms with E-state index in [1.807, 2.05) is 27.1 Å². The predicted octanol–water partition coefficient (Wildman–Crippen LogP) is 1.04. The molecule has 0 radical (unpaired) electrons. The molecule has 2 heterocycles. The molecule has 0 fully saturated rings. The van der Waals surface area contributed by atoms with Gasteiger partial charge in [0.1, 0.15) is 11.4 Å². The van der Waals surface area contributed by atoms with Crippen molar-refractivity contribution >= 4 is 5.82 Å². The van der Waals surface area contributed by atoms with Crippen molar-refractivity contribution in [2.45, 2.75) is 19.4 Å². The van der Waals surface area contributed by atoms with Crippen molar-refractivity contribution in [3.05, 3.63) is 24.3 Å². The number of methoxy groups -OCH3 is 1. The van der Waals surface area contributed by atoms with E-state index in [0.717, 1.165) is 11.3 Å². The van der Waals surface area contributed by atoms with E-state index in [0.29, 0.717) is 11.6 Å². The topological polar surface area (TPSA) is 90.9 Å². The molecular weight excluding hydrogens is 244 g/mol. The molecule has 0 bridgehead atoms. The van der Waals surface area contributed by atoms with Gasteiger partial charge < -0.3 is 10.2 Å². The summed E-state index contributed by atoms with van der Waals surface area (Å²) in [6, 6.07) is 1.77. The van der Waals surface area contributed by atoms with E-state index in [1.54, 1.807) is 24.1 Å². The van der Waals surface area contributed by atoms with Gasteiger partial charge in [-0.2, -0.15) is 5.10 Å². The number of anilines is 1. The molecule has 102 valence electrons. The molecule has 7 nitrogen and oxygen atoms in total. The SMILES string of the molecule is COC(C)(C)c1nc(NN)cc(-c2cnn(C)c2)n1. The first-order valence-electron chi connectivity index (χ1n) is 5.86. The molecule has 0 saturated carbocycles. The van der Waals surface area contributed by atoms with Gasteiger partial charge >= 0.3 is 0 Å². The van der Waals surface area contributed by atoms with Crippen LogP contribution in [0, 0.1) is 0 Å². The average molecular weight is 262 g/mol. The van der Waals surface area contributed by atoms with Gasteiger partial charge in [0.05, 0.1) is 11.9 Å².